The van der Waals surface area contributed by atoms with Crippen molar-refractivity contribution in [2.24, 2.45) is 0 Å². The standard InChI is InChI=1S/C23H24N4O2/c1-17-8-6-7-11-20(17)22-21(16-27(24-22)19-9-4-3-5-10-19)23(29)26-14-12-25(13-15-26)18(2)28/h3-11,16H,12-15H2,1-2H3. The largest absolute Gasteiger partial charge is 0.339 e. The molecule has 0 N–H and O–H groups in total. The predicted octanol–water partition coefficient (Wildman–Crippen LogP) is 3.15. The number of hydrogen-bond donors (Lipinski definition) is 0. The Morgan fingerprint density at radius 2 is 1.48 bits per heavy atom. The van der Waals surface area contributed by atoms with Gasteiger partial charge in [-0.15, -0.1) is 0 Å². The first-order valence-corrected chi connectivity index (χ1v) is 9.80. The van der Waals surface area contributed by atoms with Crippen molar-refractivity contribution in [3.8, 4) is 16.9 Å². The molecule has 1 saturated heterocycles. The minimum absolute atomic E-state index is 0.0476. The minimum atomic E-state index is -0.0476. The summed E-state index contributed by atoms with van der Waals surface area (Å²) in [5.74, 6) is 0.00299. The summed E-state index contributed by atoms with van der Waals surface area (Å²) >= 11 is 0. The number of piperazine rings is 1. The highest BCUT2D eigenvalue weighted by Crippen LogP contribution is 2.28. The lowest BCUT2D eigenvalue weighted by atomic mass is 10.0. The zero-order chi connectivity index (χ0) is 20.4. The van der Waals surface area contributed by atoms with Gasteiger partial charge in [-0.3, -0.25) is 9.59 Å². The molecule has 148 valence electrons. The maximum absolute atomic E-state index is 13.4. The Morgan fingerprint density at radius 3 is 2.14 bits per heavy atom. The molecule has 0 bridgehead atoms. The lowest BCUT2D eigenvalue weighted by Crippen LogP contribution is -2.50. The zero-order valence-corrected chi connectivity index (χ0v) is 16.7. The van der Waals surface area contributed by atoms with Crippen molar-refractivity contribution in [1.82, 2.24) is 19.6 Å². The van der Waals surface area contributed by atoms with Crippen LogP contribution in [0.2, 0.25) is 0 Å². The predicted molar refractivity (Wildman–Crippen MR) is 112 cm³/mol. The van der Waals surface area contributed by atoms with E-state index in [0.717, 1.165) is 16.8 Å². The number of amides is 2. The molecule has 2 heterocycles. The number of carbonyl (C=O) groups is 2. The van der Waals surface area contributed by atoms with E-state index >= 15 is 0 Å². The van der Waals surface area contributed by atoms with Crippen molar-refractivity contribution >= 4 is 11.8 Å². The summed E-state index contributed by atoms with van der Waals surface area (Å²) in [7, 11) is 0. The van der Waals surface area contributed by atoms with Crippen LogP contribution in [-0.4, -0.2) is 57.6 Å². The number of aryl methyl sites for hydroxylation is 1. The average Bonchev–Trinajstić information content (AvgIpc) is 3.19. The normalized spacial score (nSPS) is 14.1. The van der Waals surface area contributed by atoms with E-state index < -0.39 is 0 Å². The molecule has 0 aliphatic carbocycles. The molecular weight excluding hydrogens is 364 g/mol. The second-order valence-corrected chi connectivity index (χ2v) is 7.28. The first-order valence-electron chi connectivity index (χ1n) is 9.80. The molecule has 1 aliphatic heterocycles. The fraction of sp³-hybridized carbons (Fsp3) is 0.261. The Balaban J connectivity index is 1.72. The quantitative estimate of drug-likeness (QED) is 0.693. The molecule has 1 fully saturated rings. The van der Waals surface area contributed by atoms with Crippen LogP contribution in [-0.2, 0) is 4.79 Å². The molecule has 3 aromatic rings. The molecule has 0 saturated carbocycles. The number of aromatic nitrogens is 2. The van der Waals surface area contributed by atoms with Gasteiger partial charge in [-0.25, -0.2) is 4.68 Å². The third kappa shape index (κ3) is 3.78. The van der Waals surface area contributed by atoms with Gasteiger partial charge >= 0.3 is 0 Å². The Bertz CT molecular complexity index is 1030. The van der Waals surface area contributed by atoms with Gasteiger partial charge in [0.25, 0.3) is 5.91 Å². The average molecular weight is 388 g/mol. The SMILES string of the molecule is CC(=O)N1CCN(C(=O)c2cn(-c3ccccc3)nc2-c2ccccc2C)CC1. The van der Waals surface area contributed by atoms with E-state index in [9.17, 15) is 9.59 Å². The molecule has 6 heteroatoms. The zero-order valence-electron chi connectivity index (χ0n) is 16.7. The van der Waals surface area contributed by atoms with Crippen LogP contribution in [0.4, 0.5) is 0 Å². The Morgan fingerprint density at radius 1 is 0.862 bits per heavy atom. The maximum Gasteiger partial charge on any atom is 0.257 e. The third-order valence-electron chi connectivity index (χ3n) is 5.38. The smallest absolute Gasteiger partial charge is 0.257 e. The molecule has 1 aliphatic rings. The molecule has 2 aromatic carbocycles. The minimum Gasteiger partial charge on any atom is -0.339 e. The van der Waals surface area contributed by atoms with Crippen molar-refractivity contribution in [2.45, 2.75) is 13.8 Å². The summed E-state index contributed by atoms with van der Waals surface area (Å²) in [5, 5.41) is 4.78. The number of nitrogens with zero attached hydrogens (tertiary/aromatic N) is 4. The molecule has 6 nitrogen and oxygen atoms in total. The van der Waals surface area contributed by atoms with Crippen LogP contribution in [0.3, 0.4) is 0 Å². The number of hydrogen-bond acceptors (Lipinski definition) is 3. The van der Waals surface area contributed by atoms with Gasteiger partial charge in [-0.2, -0.15) is 5.10 Å². The fourth-order valence-electron chi connectivity index (χ4n) is 3.68. The molecule has 4 rings (SSSR count). The van der Waals surface area contributed by atoms with Crippen LogP contribution in [0.15, 0.2) is 60.8 Å². The second-order valence-electron chi connectivity index (χ2n) is 7.28. The highest BCUT2D eigenvalue weighted by Gasteiger charge is 2.27. The van der Waals surface area contributed by atoms with Crippen molar-refractivity contribution in [1.29, 1.82) is 0 Å². The van der Waals surface area contributed by atoms with Gasteiger partial charge in [0.2, 0.25) is 5.91 Å². The van der Waals surface area contributed by atoms with Gasteiger partial charge in [0, 0.05) is 44.9 Å². The first kappa shape index (κ1) is 18.9. The number of para-hydroxylation sites is 1. The van der Waals surface area contributed by atoms with E-state index in [4.69, 9.17) is 5.10 Å². The fourth-order valence-corrected chi connectivity index (χ4v) is 3.68. The van der Waals surface area contributed by atoms with Gasteiger partial charge in [0.15, 0.2) is 0 Å². The maximum atomic E-state index is 13.4. The van der Waals surface area contributed by atoms with Crippen LogP contribution >= 0.6 is 0 Å². The molecule has 2 amide bonds. The highest BCUT2D eigenvalue weighted by atomic mass is 16.2. The Kier molecular flexibility index (Phi) is 5.16. The van der Waals surface area contributed by atoms with E-state index in [-0.39, 0.29) is 11.8 Å². The van der Waals surface area contributed by atoms with Crippen LogP contribution in [0.5, 0.6) is 0 Å². The van der Waals surface area contributed by atoms with Gasteiger partial charge in [0.05, 0.1) is 11.3 Å². The lowest BCUT2D eigenvalue weighted by molar-refractivity contribution is -0.130. The van der Waals surface area contributed by atoms with Crippen molar-refractivity contribution in [3.05, 3.63) is 71.9 Å². The van der Waals surface area contributed by atoms with E-state index in [1.807, 2.05) is 72.6 Å². The van der Waals surface area contributed by atoms with Crippen molar-refractivity contribution in [3.63, 3.8) is 0 Å². The van der Waals surface area contributed by atoms with Crippen LogP contribution in [0, 0.1) is 6.92 Å². The van der Waals surface area contributed by atoms with Crippen LogP contribution in [0.1, 0.15) is 22.8 Å². The van der Waals surface area contributed by atoms with Crippen LogP contribution in [0.25, 0.3) is 16.9 Å². The Labute approximate surface area is 170 Å². The second kappa shape index (κ2) is 7.91. The molecule has 0 atom stereocenters. The first-order chi connectivity index (χ1) is 14.0. The highest BCUT2D eigenvalue weighted by molar-refractivity contribution is 6.00. The van der Waals surface area contributed by atoms with Crippen molar-refractivity contribution in [2.75, 3.05) is 26.2 Å². The number of rotatable bonds is 3. The third-order valence-corrected chi connectivity index (χ3v) is 5.38. The van der Waals surface area contributed by atoms with Gasteiger partial charge in [0.1, 0.15) is 5.69 Å². The van der Waals surface area contributed by atoms with Gasteiger partial charge in [-0.1, -0.05) is 42.5 Å². The molecule has 0 radical (unpaired) electrons. The Hall–Kier alpha value is -3.41. The summed E-state index contributed by atoms with van der Waals surface area (Å²) in [6, 6.07) is 17.8. The molecular formula is C23H24N4O2. The monoisotopic (exact) mass is 388 g/mol. The topological polar surface area (TPSA) is 58.4 Å². The summed E-state index contributed by atoms with van der Waals surface area (Å²) in [6.45, 7) is 5.78. The molecule has 0 unspecified atom stereocenters. The van der Waals surface area contributed by atoms with Gasteiger partial charge < -0.3 is 9.80 Å². The summed E-state index contributed by atoms with van der Waals surface area (Å²) in [5.41, 5.74) is 4.20. The van der Waals surface area contributed by atoms with Crippen LogP contribution < -0.4 is 0 Å². The number of carbonyl (C=O) groups excluding carboxylic acids is 2. The van der Waals surface area contributed by atoms with E-state index in [1.54, 1.807) is 16.5 Å². The van der Waals surface area contributed by atoms with E-state index in [2.05, 4.69) is 0 Å². The van der Waals surface area contributed by atoms with E-state index in [1.165, 1.54) is 0 Å². The lowest BCUT2D eigenvalue weighted by Gasteiger charge is -2.34. The van der Waals surface area contributed by atoms with Crippen molar-refractivity contribution < 1.29 is 9.59 Å². The molecule has 29 heavy (non-hydrogen) atoms. The summed E-state index contributed by atoms with van der Waals surface area (Å²) in [4.78, 5) is 28.6. The summed E-state index contributed by atoms with van der Waals surface area (Å²) < 4.78 is 1.76. The van der Waals surface area contributed by atoms with Gasteiger partial charge in [-0.05, 0) is 24.6 Å². The molecule has 0 spiro atoms. The molecule has 1 aromatic heterocycles. The number of benzene rings is 2. The van der Waals surface area contributed by atoms with E-state index in [0.29, 0.717) is 37.4 Å². The summed E-state index contributed by atoms with van der Waals surface area (Å²) in [6.07, 6.45) is 1.82.